The number of aromatic nitrogens is 3. The summed E-state index contributed by atoms with van der Waals surface area (Å²) in [6.45, 7) is 3.31. The van der Waals surface area contributed by atoms with Crippen LogP contribution in [0.3, 0.4) is 0 Å². The fourth-order valence-electron chi connectivity index (χ4n) is 2.54. The van der Waals surface area contributed by atoms with Crippen LogP contribution in [0.1, 0.15) is 46.9 Å². The van der Waals surface area contributed by atoms with Gasteiger partial charge in [0, 0.05) is 24.9 Å². The van der Waals surface area contributed by atoms with E-state index in [1.807, 2.05) is 19.1 Å². The van der Waals surface area contributed by atoms with Crippen LogP contribution in [0.15, 0.2) is 30.7 Å². The molecule has 0 bridgehead atoms. The van der Waals surface area contributed by atoms with E-state index in [-0.39, 0.29) is 17.9 Å². The number of aromatic amines is 1. The number of carbonyl (C=O) groups is 1. The lowest BCUT2D eigenvalue weighted by atomic mass is 10.0. The van der Waals surface area contributed by atoms with Gasteiger partial charge in [-0.25, -0.2) is 0 Å². The first-order valence-electron chi connectivity index (χ1n) is 7.07. The van der Waals surface area contributed by atoms with Gasteiger partial charge in [-0.1, -0.05) is 6.07 Å². The molecule has 1 aliphatic heterocycles. The zero-order chi connectivity index (χ0) is 14.7. The summed E-state index contributed by atoms with van der Waals surface area (Å²) in [7, 11) is 0. The van der Waals surface area contributed by atoms with Gasteiger partial charge in [0.2, 0.25) is 0 Å². The van der Waals surface area contributed by atoms with E-state index in [2.05, 4.69) is 20.5 Å². The van der Waals surface area contributed by atoms with Gasteiger partial charge in [0.15, 0.2) is 0 Å². The highest BCUT2D eigenvalue weighted by Gasteiger charge is 2.25. The van der Waals surface area contributed by atoms with Crippen molar-refractivity contribution in [2.45, 2.75) is 25.3 Å². The van der Waals surface area contributed by atoms with Gasteiger partial charge in [-0.2, -0.15) is 5.10 Å². The molecule has 2 atom stereocenters. The molecule has 6 heteroatoms. The van der Waals surface area contributed by atoms with Crippen LogP contribution in [0.5, 0.6) is 0 Å². The minimum Gasteiger partial charge on any atom is -0.381 e. The molecule has 0 radical (unpaired) electrons. The van der Waals surface area contributed by atoms with Crippen LogP contribution < -0.4 is 5.32 Å². The van der Waals surface area contributed by atoms with E-state index < -0.39 is 0 Å². The number of nitrogens with zero attached hydrogens (tertiary/aromatic N) is 2. The number of carbonyl (C=O) groups excluding carboxylic acids is 1. The highest BCUT2D eigenvalue weighted by atomic mass is 16.5. The van der Waals surface area contributed by atoms with E-state index in [1.165, 1.54) is 0 Å². The number of amides is 1. The van der Waals surface area contributed by atoms with Crippen LogP contribution in [-0.4, -0.2) is 34.3 Å². The predicted octanol–water partition coefficient (Wildman–Crippen LogP) is 1.80. The van der Waals surface area contributed by atoms with Crippen LogP contribution in [-0.2, 0) is 4.74 Å². The van der Waals surface area contributed by atoms with Gasteiger partial charge in [0.05, 0.1) is 30.1 Å². The Kier molecular flexibility index (Phi) is 3.96. The van der Waals surface area contributed by atoms with Crippen molar-refractivity contribution in [3.63, 3.8) is 0 Å². The average molecular weight is 286 g/mol. The number of hydrogen-bond acceptors (Lipinski definition) is 4. The normalized spacial score (nSPS) is 19.4. The fraction of sp³-hybridized carbons (Fsp3) is 0.400. The van der Waals surface area contributed by atoms with Crippen molar-refractivity contribution in [1.82, 2.24) is 20.5 Å². The van der Waals surface area contributed by atoms with Crippen molar-refractivity contribution >= 4 is 5.91 Å². The molecule has 2 unspecified atom stereocenters. The standard InChI is InChI=1S/C15H18N4O2/c1-10(11-3-2-5-16-7-11)18-15(20)13-8-17-19-14(13)12-4-6-21-9-12/h2-3,5,7-8,10,12H,4,6,9H2,1H3,(H,17,19)(H,18,20). The molecule has 2 aromatic heterocycles. The molecule has 0 aliphatic carbocycles. The third-order valence-corrected chi connectivity index (χ3v) is 3.78. The van der Waals surface area contributed by atoms with Crippen LogP contribution in [0.25, 0.3) is 0 Å². The Morgan fingerprint density at radius 1 is 1.52 bits per heavy atom. The number of hydrogen-bond donors (Lipinski definition) is 2. The van der Waals surface area contributed by atoms with Crippen molar-refractivity contribution < 1.29 is 9.53 Å². The molecule has 1 aliphatic rings. The van der Waals surface area contributed by atoms with Gasteiger partial charge in [0.1, 0.15) is 0 Å². The fourth-order valence-corrected chi connectivity index (χ4v) is 2.54. The molecule has 6 nitrogen and oxygen atoms in total. The quantitative estimate of drug-likeness (QED) is 0.898. The molecule has 2 N–H and O–H groups in total. The van der Waals surface area contributed by atoms with Gasteiger partial charge in [-0.3, -0.25) is 14.9 Å². The predicted molar refractivity (Wildman–Crippen MR) is 76.9 cm³/mol. The maximum Gasteiger partial charge on any atom is 0.255 e. The molecular formula is C15H18N4O2. The van der Waals surface area contributed by atoms with Crippen LogP contribution in [0.2, 0.25) is 0 Å². The summed E-state index contributed by atoms with van der Waals surface area (Å²) in [5.41, 5.74) is 2.43. The Hall–Kier alpha value is -2.21. The lowest BCUT2D eigenvalue weighted by Gasteiger charge is -2.14. The molecule has 3 heterocycles. The van der Waals surface area contributed by atoms with Crippen LogP contribution in [0.4, 0.5) is 0 Å². The summed E-state index contributed by atoms with van der Waals surface area (Å²) in [4.78, 5) is 16.5. The zero-order valence-corrected chi connectivity index (χ0v) is 11.9. The second-order valence-corrected chi connectivity index (χ2v) is 5.24. The van der Waals surface area contributed by atoms with Gasteiger partial charge in [0.25, 0.3) is 5.91 Å². The highest BCUT2D eigenvalue weighted by molar-refractivity contribution is 5.95. The van der Waals surface area contributed by atoms with E-state index >= 15 is 0 Å². The van der Waals surface area contributed by atoms with E-state index in [4.69, 9.17) is 4.74 Å². The summed E-state index contributed by atoms with van der Waals surface area (Å²) in [6, 6.07) is 3.70. The largest absolute Gasteiger partial charge is 0.381 e. The van der Waals surface area contributed by atoms with Crippen LogP contribution in [0, 0.1) is 0 Å². The number of H-pyrrole nitrogens is 1. The molecule has 1 fully saturated rings. The zero-order valence-electron chi connectivity index (χ0n) is 11.9. The molecule has 1 saturated heterocycles. The maximum absolute atomic E-state index is 12.4. The molecule has 0 saturated carbocycles. The molecule has 110 valence electrons. The molecule has 2 aromatic rings. The summed E-state index contributed by atoms with van der Waals surface area (Å²) in [5, 5.41) is 9.94. The lowest BCUT2D eigenvalue weighted by molar-refractivity contribution is 0.0938. The smallest absolute Gasteiger partial charge is 0.255 e. The van der Waals surface area contributed by atoms with Crippen molar-refractivity contribution in [1.29, 1.82) is 0 Å². The van der Waals surface area contributed by atoms with Gasteiger partial charge in [-0.05, 0) is 25.0 Å². The molecule has 0 spiro atoms. The van der Waals surface area contributed by atoms with E-state index in [0.29, 0.717) is 12.2 Å². The van der Waals surface area contributed by atoms with Gasteiger partial charge < -0.3 is 10.1 Å². The number of ether oxygens (including phenoxy) is 1. The Morgan fingerprint density at radius 2 is 2.43 bits per heavy atom. The Balaban J connectivity index is 1.72. The second-order valence-electron chi connectivity index (χ2n) is 5.24. The average Bonchev–Trinajstić information content (AvgIpc) is 3.18. The first kappa shape index (κ1) is 13.8. The number of rotatable bonds is 4. The lowest BCUT2D eigenvalue weighted by Crippen LogP contribution is -2.27. The van der Waals surface area contributed by atoms with E-state index in [9.17, 15) is 4.79 Å². The molecule has 1 amide bonds. The third kappa shape index (κ3) is 2.95. The van der Waals surface area contributed by atoms with Crippen molar-refractivity contribution in [2.24, 2.45) is 0 Å². The molecule has 0 aromatic carbocycles. The van der Waals surface area contributed by atoms with E-state index in [1.54, 1.807) is 18.6 Å². The molecule has 21 heavy (non-hydrogen) atoms. The number of pyridine rings is 1. The SMILES string of the molecule is CC(NC(=O)c1cn[nH]c1C1CCOC1)c1cccnc1. The summed E-state index contributed by atoms with van der Waals surface area (Å²) < 4.78 is 5.38. The maximum atomic E-state index is 12.4. The first-order chi connectivity index (χ1) is 10.3. The number of nitrogens with one attached hydrogen (secondary N) is 2. The van der Waals surface area contributed by atoms with Crippen molar-refractivity contribution in [3.05, 3.63) is 47.5 Å². The van der Waals surface area contributed by atoms with E-state index in [0.717, 1.165) is 24.3 Å². The van der Waals surface area contributed by atoms with Crippen LogP contribution >= 0.6 is 0 Å². The van der Waals surface area contributed by atoms with Crippen molar-refractivity contribution in [2.75, 3.05) is 13.2 Å². The van der Waals surface area contributed by atoms with Crippen molar-refractivity contribution in [3.8, 4) is 0 Å². The second kappa shape index (κ2) is 6.05. The summed E-state index contributed by atoms with van der Waals surface area (Å²) >= 11 is 0. The Bertz CT molecular complexity index is 605. The topological polar surface area (TPSA) is 79.9 Å². The third-order valence-electron chi connectivity index (χ3n) is 3.78. The molecule has 3 rings (SSSR count). The van der Waals surface area contributed by atoms with Gasteiger partial charge >= 0.3 is 0 Å². The Labute approximate surface area is 122 Å². The highest BCUT2D eigenvalue weighted by Crippen LogP contribution is 2.26. The summed E-state index contributed by atoms with van der Waals surface area (Å²) in [5.74, 6) is 0.101. The first-order valence-corrected chi connectivity index (χ1v) is 7.07. The molecular weight excluding hydrogens is 268 g/mol. The summed E-state index contributed by atoms with van der Waals surface area (Å²) in [6.07, 6.45) is 5.97. The Morgan fingerprint density at radius 3 is 3.14 bits per heavy atom. The minimum atomic E-state index is -0.123. The van der Waals surface area contributed by atoms with Gasteiger partial charge in [-0.15, -0.1) is 0 Å². The minimum absolute atomic E-state index is 0.103. The monoisotopic (exact) mass is 286 g/mol.